The van der Waals surface area contributed by atoms with E-state index in [2.05, 4.69) is 39.5 Å². The van der Waals surface area contributed by atoms with Crippen molar-refractivity contribution < 1.29 is 111 Å². The Morgan fingerprint density at radius 2 is 1.65 bits per heavy atom. The van der Waals surface area contributed by atoms with Crippen LogP contribution in [0.1, 0.15) is 86.6 Å². The van der Waals surface area contributed by atoms with Crippen molar-refractivity contribution in [2.45, 2.75) is 187 Å². The number of hydrogen-bond acceptors (Lipinski definition) is 28. The number of thioether (sulfide) groups is 1. The second kappa shape index (κ2) is 31.5. The zero-order valence-electron chi connectivity index (χ0n) is 53.1. The van der Waals surface area contributed by atoms with Gasteiger partial charge in [-0.1, -0.05) is 59.2 Å². The summed E-state index contributed by atoms with van der Waals surface area (Å²) in [5, 5.41) is 71.3. The number of ether oxygens (including phenoxy) is 12. The molecule has 3 aliphatic carbocycles. The number of carbonyl (C=O) groups excluding carboxylic acids is 3. The number of aromatic nitrogens is 1. The first kappa shape index (κ1) is 73.0. The lowest BCUT2D eigenvalue weighted by Crippen LogP contribution is -2.69. The molecule has 0 radical (unpaired) electrons. The predicted molar refractivity (Wildman–Crippen MR) is 344 cm³/mol. The van der Waals surface area contributed by atoms with Crippen molar-refractivity contribution in [1.29, 1.82) is 0 Å². The fourth-order valence-electron chi connectivity index (χ4n) is 13.2. The van der Waals surface area contributed by atoms with Crippen molar-refractivity contribution in [3.8, 4) is 40.9 Å². The van der Waals surface area contributed by atoms with E-state index in [9.17, 15) is 49.8 Å². The molecule has 0 amide bonds. The molecule has 9 rings (SSSR count). The topological polar surface area (TPSA) is 347 Å². The maximum atomic E-state index is 14.5. The van der Waals surface area contributed by atoms with E-state index in [1.54, 1.807) is 53.9 Å². The first-order valence-corrected chi connectivity index (χ1v) is 34.5. The van der Waals surface area contributed by atoms with E-state index in [4.69, 9.17) is 61.7 Å². The summed E-state index contributed by atoms with van der Waals surface area (Å²) >= 11 is 2.82. The zero-order valence-corrected chi connectivity index (χ0v) is 57.7. The monoisotopic (exact) mass is 1470 g/mol. The number of Topliss-reactive ketones (excluding diaryl/α,β-unsaturated/α-hetero) is 1. The molecule has 5 heterocycles. The molecule has 4 saturated heterocycles. The number of esters is 1. The highest BCUT2D eigenvalue weighted by molar-refractivity contribution is 14.1. The summed E-state index contributed by atoms with van der Waals surface area (Å²) in [5.41, 5.74) is 0.678. The Hall–Kier alpha value is -4.21. The van der Waals surface area contributed by atoms with E-state index in [0.717, 1.165) is 22.6 Å². The molecule has 1 aromatic carbocycles. The number of benzene rings is 1. The number of carbonyl (C=O) groups is 4. The van der Waals surface area contributed by atoms with Gasteiger partial charge in [0.05, 0.1) is 102 Å². The molecule has 26 nitrogen and oxygen atoms in total. The fourth-order valence-corrected chi connectivity index (χ4v) is 16.9. The Morgan fingerprint density at radius 3 is 2.32 bits per heavy atom. The largest absolute Gasteiger partial charge is 0.492 e. The number of aliphatic hydroxyl groups excluding tert-OH is 4. The molecule has 30 heteroatoms. The molecule has 3 unspecified atom stereocenters. The number of pyridine rings is 1. The average molecular weight is 1470 g/mol. The molecule has 1 spiro atoms. The van der Waals surface area contributed by atoms with Crippen LogP contribution in [0, 0.1) is 51.4 Å². The van der Waals surface area contributed by atoms with Crippen molar-refractivity contribution in [2.24, 2.45) is 17.3 Å². The first-order chi connectivity index (χ1) is 44.4. The molecule has 4 aliphatic heterocycles. The third kappa shape index (κ3) is 14.8. The lowest BCUT2D eigenvalue weighted by Gasteiger charge is -2.60. The summed E-state index contributed by atoms with van der Waals surface area (Å²) in [7, 11) is 9.18. The van der Waals surface area contributed by atoms with E-state index in [1.165, 1.54) is 57.6 Å². The Bertz CT molecular complexity index is 3260. The number of hydrogen-bond donors (Lipinski definition) is 8. The molecule has 0 bridgehead atoms. The maximum absolute atomic E-state index is 14.5. The molecule has 510 valence electrons. The third-order valence-electron chi connectivity index (χ3n) is 17.9. The number of hydroxylamine groups is 1. The van der Waals surface area contributed by atoms with Crippen LogP contribution in [-0.4, -0.2) is 228 Å². The number of carboxylic acid groups (broad SMARTS) is 1. The summed E-state index contributed by atoms with van der Waals surface area (Å²) in [4.78, 5) is 64.5. The number of carboxylic acids is 1. The molecule has 7 aliphatic rings. The number of halogens is 1. The zero-order chi connectivity index (χ0) is 67.4. The number of methoxy groups -OCH3 is 5. The van der Waals surface area contributed by atoms with Gasteiger partial charge in [0.2, 0.25) is 17.2 Å². The molecule has 2 aromatic rings. The minimum Gasteiger partial charge on any atom is -0.492 e. The molecule has 6 fully saturated rings. The minimum atomic E-state index is -1.94. The van der Waals surface area contributed by atoms with E-state index in [1.807, 2.05) is 29.5 Å². The maximum Gasteiger partial charge on any atom is 0.338 e. The highest BCUT2D eigenvalue weighted by Gasteiger charge is 2.78. The number of nitrogens with one attached hydrogen (secondary N) is 2. The van der Waals surface area contributed by atoms with Gasteiger partial charge in [0.25, 0.3) is 0 Å². The lowest BCUT2D eigenvalue weighted by molar-refractivity contribution is -0.342. The quantitative estimate of drug-likeness (QED) is 0.0141. The second-order valence-electron chi connectivity index (χ2n) is 23.5. The van der Waals surface area contributed by atoms with Crippen LogP contribution in [0.15, 0.2) is 46.7 Å². The van der Waals surface area contributed by atoms with E-state index in [-0.39, 0.29) is 70.7 Å². The van der Waals surface area contributed by atoms with Gasteiger partial charge in [-0.15, -0.1) is 0 Å². The lowest BCUT2D eigenvalue weighted by atomic mass is 9.44. The van der Waals surface area contributed by atoms with E-state index in [0.29, 0.717) is 26.8 Å². The van der Waals surface area contributed by atoms with Gasteiger partial charge in [-0.2, -0.15) is 5.48 Å². The standard InChI is InChI=1S/C63H80IN3O23S3/c1-12-65-36-27-83-42(25-40(36)78-7)88-54-49(72)47(67-90-43-24-37(68)56(32(6)84-43)92-59(76)44-29(3)46(64)52(55(82-11)51(44)80-9)89-60-50(73)53(81-10)48(71)31(5)86-60)30(4)85-61(54)87-39-17-13-15-28(2)18-20-62-35(23-41(70)79-8)38(69)26-63(62,77)34(45(39)62)19-22-91-93-57-33(58(74)75)16-14-21-66-57/h14-16,19,21,30-32,35-37,39-40,42-43,45,47-50,53-54,56,60-61,65,67-68,71-73,77H,12,22-27H2,1-11H3,(H,74,75)/b28-15-,34-19+/t30-,31+,32-,35?,36+,37+,39+,40+,42+,43+,45?,47-,48+,49+,50-,53-,54-,56-,60+,61+,62?,63+/m1/s1. The van der Waals surface area contributed by atoms with Gasteiger partial charge in [-0.25, -0.2) is 9.78 Å². The number of ketones is 1. The summed E-state index contributed by atoms with van der Waals surface area (Å²) in [6.07, 6.45) is -12.9. The number of nitrogens with zero attached hydrogens (tertiary/aromatic N) is 1. The molecular formula is C63H80IN3O23S3. The number of rotatable bonds is 24. The number of allylic oxidation sites excluding steroid dienone is 2. The van der Waals surface area contributed by atoms with Gasteiger partial charge < -0.3 is 92.8 Å². The van der Waals surface area contributed by atoms with Crippen LogP contribution in [0.3, 0.4) is 0 Å². The van der Waals surface area contributed by atoms with Crippen LogP contribution in [0.2, 0.25) is 0 Å². The highest BCUT2D eigenvalue weighted by atomic mass is 127. The summed E-state index contributed by atoms with van der Waals surface area (Å²) < 4.78 is 73.4. The Balaban J connectivity index is 0.956. The van der Waals surface area contributed by atoms with Crippen LogP contribution in [0.5, 0.6) is 17.2 Å². The molecule has 22 atom stereocenters. The Labute approximate surface area is 564 Å². The van der Waals surface area contributed by atoms with E-state index >= 15 is 0 Å². The smallest absolute Gasteiger partial charge is 0.338 e. The number of likely N-dealkylation sites (N-methyl/N-ethyl adjacent to an activating group) is 1. The van der Waals surface area contributed by atoms with Gasteiger partial charge in [0.1, 0.15) is 53.0 Å². The van der Waals surface area contributed by atoms with Gasteiger partial charge >= 0.3 is 11.9 Å². The van der Waals surface area contributed by atoms with Gasteiger partial charge in [0, 0.05) is 62.8 Å². The summed E-state index contributed by atoms with van der Waals surface area (Å²) in [5.74, 6) is 8.37. The molecule has 1 aromatic heterocycles. The van der Waals surface area contributed by atoms with Gasteiger partial charge in [-0.3, -0.25) is 19.2 Å². The number of aliphatic hydroxyl groups is 5. The fraction of sp³-hybridized carbons (Fsp3) is 0.635. The van der Waals surface area contributed by atoms with Gasteiger partial charge in [-0.05, 0) is 104 Å². The van der Waals surface area contributed by atoms with Crippen LogP contribution >= 0.6 is 55.9 Å². The summed E-state index contributed by atoms with van der Waals surface area (Å²) in [6, 6.07) is 1.66. The van der Waals surface area contributed by atoms with Crippen LogP contribution in [0.25, 0.3) is 0 Å². The molecule has 2 saturated carbocycles. The Morgan fingerprint density at radius 1 is 0.903 bits per heavy atom. The van der Waals surface area contributed by atoms with Crippen molar-refractivity contribution in [1.82, 2.24) is 15.8 Å². The average Bonchev–Trinajstić information content (AvgIpc) is 1.54. The normalized spacial score (nSPS) is 37.4. The van der Waals surface area contributed by atoms with Crippen molar-refractivity contribution in [2.75, 3.05) is 54.5 Å². The first-order valence-electron chi connectivity index (χ1n) is 30.3. The van der Waals surface area contributed by atoms with Crippen molar-refractivity contribution in [3.63, 3.8) is 0 Å². The molecular weight excluding hydrogens is 1390 g/mol. The van der Waals surface area contributed by atoms with Gasteiger partial charge in [0.15, 0.2) is 30.4 Å². The SMILES string of the molecule is CCN[C@H]1CO[C@@H](O[C@H]2[C@H](O[C@H]3C#C/C=C(/C)C#CC45C(CC(=O)OC)C(=O)C[C@]4(O)/C(=C/CSSc4ncccc4C(=O)O)C35)O[C@H](C)[C@@H](NO[C@H]3C[C@H](O)[C@H](SC(=O)c4c(C)c(I)c(O[C@@H]5O[C@@H](C)[C@H](O)[C@@H](OC)[C@H]5O)c(OC)c4OC)[C@@H](C)O3)[C@@H]2O)C[C@@H]1OC. The van der Waals surface area contributed by atoms with Crippen molar-refractivity contribution in [3.05, 3.63) is 61.9 Å². The second-order valence-corrected chi connectivity index (χ2v) is 28.0. The van der Waals surface area contributed by atoms with Crippen molar-refractivity contribution >= 4 is 78.8 Å². The molecule has 8 N–H and O–H groups in total. The summed E-state index contributed by atoms with van der Waals surface area (Å²) in [6.45, 7) is 11.1. The highest BCUT2D eigenvalue weighted by Crippen LogP contribution is 2.70. The minimum absolute atomic E-state index is 0.00139. The van der Waals surface area contributed by atoms with Crippen LogP contribution in [0.4, 0.5) is 0 Å². The predicted octanol–water partition coefficient (Wildman–Crippen LogP) is 3.65. The Kier molecular flexibility index (Phi) is 24.8. The number of aromatic carboxylic acids is 1. The molecule has 93 heavy (non-hydrogen) atoms. The third-order valence-corrected chi connectivity index (χ3v) is 22.8. The van der Waals surface area contributed by atoms with Crippen LogP contribution < -0.4 is 25.0 Å². The van der Waals surface area contributed by atoms with Crippen LogP contribution in [-0.2, 0) is 57.1 Å². The van der Waals surface area contributed by atoms with E-state index < -0.39 is 156 Å².